The fourth-order valence-electron chi connectivity index (χ4n) is 3.37. The lowest BCUT2D eigenvalue weighted by molar-refractivity contribution is 0.0564. The van der Waals surface area contributed by atoms with Crippen molar-refractivity contribution in [2.24, 2.45) is 5.84 Å². The Balaban J connectivity index is 2.34. The van der Waals surface area contributed by atoms with Crippen molar-refractivity contribution in [1.82, 2.24) is 10.3 Å². The number of rotatable bonds is 4. The highest BCUT2D eigenvalue weighted by Gasteiger charge is 2.42. The smallest absolute Gasteiger partial charge is 0.123 e. The van der Waals surface area contributed by atoms with E-state index in [1.165, 1.54) is 31.4 Å². The first-order chi connectivity index (χ1) is 9.10. The van der Waals surface area contributed by atoms with Crippen LogP contribution >= 0.6 is 0 Å². The van der Waals surface area contributed by atoms with Gasteiger partial charge in [-0.15, -0.1) is 0 Å². The monoisotopic (exact) mass is 265 g/mol. The molecule has 1 unspecified atom stereocenters. The van der Waals surface area contributed by atoms with Gasteiger partial charge >= 0.3 is 0 Å². The second kappa shape index (κ2) is 5.99. The summed E-state index contributed by atoms with van der Waals surface area (Å²) < 4.78 is 13.1. The molecule has 0 bridgehead atoms. The summed E-state index contributed by atoms with van der Waals surface area (Å²) in [5, 5.41) is 0. The van der Waals surface area contributed by atoms with Crippen molar-refractivity contribution in [1.29, 1.82) is 0 Å². The molecule has 106 valence electrons. The molecule has 0 saturated heterocycles. The Morgan fingerprint density at radius 1 is 1.16 bits per heavy atom. The molecule has 3 N–H and O–H groups in total. The van der Waals surface area contributed by atoms with Crippen LogP contribution in [0.2, 0.25) is 0 Å². The minimum absolute atomic E-state index is 0.0187. The molecular weight excluding hydrogens is 241 g/mol. The van der Waals surface area contributed by atoms with Gasteiger partial charge in [-0.05, 0) is 44.6 Å². The van der Waals surface area contributed by atoms with Gasteiger partial charge in [0.15, 0.2) is 0 Å². The van der Waals surface area contributed by atoms with E-state index in [9.17, 15) is 4.39 Å². The highest BCUT2D eigenvalue weighted by Crippen LogP contribution is 2.41. The molecule has 0 heterocycles. The number of halogens is 1. The van der Waals surface area contributed by atoms with E-state index < -0.39 is 0 Å². The van der Waals surface area contributed by atoms with Crippen molar-refractivity contribution in [2.75, 3.05) is 14.1 Å². The Hall–Kier alpha value is -0.970. The number of hydrogen-bond acceptors (Lipinski definition) is 3. The van der Waals surface area contributed by atoms with Crippen molar-refractivity contribution in [3.63, 3.8) is 0 Å². The quantitative estimate of drug-likeness (QED) is 0.649. The topological polar surface area (TPSA) is 41.3 Å². The second-order valence-electron chi connectivity index (χ2n) is 5.71. The zero-order chi connectivity index (χ0) is 13.9. The van der Waals surface area contributed by atoms with Crippen LogP contribution in [0, 0.1) is 5.82 Å². The van der Waals surface area contributed by atoms with Crippen LogP contribution in [0.3, 0.4) is 0 Å². The molecule has 0 amide bonds. The minimum Gasteiger partial charge on any atom is -0.302 e. The number of hydrazine groups is 1. The molecule has 1 aromatic rings. The fraction of sp³-hybridized carbons (Fsp3) is 0.600. The molecule has 4 heteroatoms. The summed E-state index contributed by atoms with van der Waals surface area (Å²) in [4.78, 5) is 2.28. The average Bonchev–Trinajstić information content (AvgIpc) is 2.42. The Kier molecular flexibility index (Phi) is 4.55. The predicted molar refractivity (Wildman–Crippen MR) is 76.0 cm³/mol. The largest absolute Gasteiger partial charge is 0.302 e. The summed E-state index contributed by atoms with van der Waals surface area (Å²) in [6.07, 6.45) is 5.96. The third-order valence-electron chi connectivity index (χ3n) is 4.52. The molecule has 1 atom stereocenters. The second-order valence-corrected chi connectivity index (χ2v) is 5.71. The summed E-state index contributed by atoms with van der Waals surface area (Å²) in [6, 6.07) is 6.71. The van der Waals surface area contributed by atoms with Gasteiger partial charge in [-0.2, -0.15) is 0 Å². The molecule has 1 aliphatic rings. The first-order valence-electron chi connectivity index (χ1n) is 6.99. The van der Waals surface area contributed by atoms with Crippen LogP contribution in [0.4, 0.5) is 4.39 Å². The number of likely N-dealkylation sites (N-methyl/N-ethyl adjacent to an activating group) is 1. The van der Waals surface area contributed by atoms with Gasteiger partial charge in [-0.1, -0.05) is 31.4 Å². The molecule has 0 aromatic heterocycles. The van der Waals surface area contributed by atoms with Crippen molar-refractivity contribution in [3.8, 4) is 0 Å². The number of benzene rings is 1. The lowest BCUT2D eigenvalue weighted by Crippen LogP contribution is -2.56. The van der Waals surface area contributed by atoms with Crippen LogP contribution in [0.5, 0.6) is 0 Å². The molecule has 2 rings (SSSR count). The van der Waals surface area contributed by atoms with Crippen LogP contribution < -0.4 is 11.3 Å². The van der Waals surface area contributed by atoms with Gasteiger partial charge in [0.1, 0.15) is 5.82 Å². The van der Waals surface area contributed by atoms with Gasteiger partial charge in [0.25, 0.3) is 0 Å². The third-order valence-corrected chi connectivity index (χ3v) is 4.52. The standard InChI is InChI=1S/C15H24FN3/c1-19(2)15(10-4-3-5-11-15)14(18-17)12-6-8-13(16)9-7-12/h6-9,14,18H,3-5,10-11,17H2,1-2H3. The van der Waals surface area contributed by atoms with E-state index in [-0.39, 0.29) is 17.4 Å². The van der Waals surface area contributed by atoms with Crippen LogP contribution in [0.15, 0.2) is 24.3 Å². The summed E-state index contributed by atoms with van der Waals surface area (Å²) in [7, 11) is 4.22. The summed E-state index contributed by atoms with van der Waals surface area (Å²) in [5.74, 6) is 5.62. The van der Waals surface area contributed by atoms with Crippen molar-refractivity contribution >= 4 is 0 Å². The predicted octanol–water partition coefficient (Wildman–Crippen LogP) is 2.59. The Morgan fingerprint density at radius 2 is 1.74 bits per heavy atom. The first kappa shape index (κ1) is 14.4. The van der Waals surface area contributed by atoms with Crippen molar-refractivity contribution in [2.45, 2.75) is 43.7 Å². The van der Waals surface area contributed by atoms with Gasteiger partial charge in [0, 0.05) is 5.54 Å². The van der Waals surface area contributed by atoms with Crippen LogP contribution in [-0.4, -0.2) is 24.5 Å². The molecule has 1 saturated carbocycles. The molecule has 19 heavy (non-hydrogen) atoms. The first-order valence-corrected chi connectivity index (χ1v) is 6.99. The summed E-state index contributed by atoms with van der Waals surface area (Å²) in [5.41, 5.74) is 4.04. The molecule has 0 spiro atoms. The molecule has 1 fully saturated rings. The molecule has 1 aromatic carbocycles. The minimum atomic E-state index is -0.206. The number of nitrogens with two attached hydrogens (primary N) is 1. The molecule has 3 nitrogen and oxygen atoms in total. The van der Waals surface area contributed by atoms with E-state index >= 15 is 0 Å². The lowest BCUT2D eigenvalue weighted by Gasteiger charge is -2.48. The van der Waals surface area contributed by atoms with Gasteiger partial charge in [0.2, 0.25) is 0 Å². The maximum Gasteiger partial charge on any atom is 0.123 e. The summed E-state index contributed by atoms with van der Waals surface area (Å²) >= 11 is 0. The maximum atomic E-state index is 13.1. The van der Waals surface area contributed by atoms with Gasteiger partial charge in [0.05, 0.1) is 6.04 Å². The van der Waals surface area contributed by atoms with Gasteiger partial charge < -0.3 is 4.90 Å². The van der Waals surface area contributed by atoms with Crippen LogP contribution in [0.1, 0.15) is 43.7 Å². The Bertz CT molecular complexity index is 396. The van der Waals surface area contributed by atoms with Crippen molar-refractivity contribution in [3.05, 3.63) is 35.6 Å². The third kappa shape index (κ3) is 2.81. The van der Waals surface area contributed by atoms with Gasteiger partial charge in [-0.3, -0.25) is 11.3 Å². The normalized spacial score (nSPS) is 20.5. The van der Waals surface area contributed by atoms with E-state index in [1.54, 1.807) is 0 Å². The highest BCUT2D eigenvalue weighted by molar-refractivity contribution is 5.24. The van der Waals surface area contributed by atoms with E-state index in [4.69, 9.17) is 5.84 Å². The van der Waals surface area contributed by atoms with E-state index in [1.807, 2.05) is 12.1 Å². The SMILES string of the molecule is CN(C)C1(C(NN)c2ccc(F)cc2)CCCCC1. The van der Waals surface area contributed by atoms with E-state index in [0.29, 0.717) is 0 Å². The van der Waals surface area contributed by atoms with E-state index in [0.717, 1.165) is 18.4 Å². The zero-order valence-corrected chi connectivity index (χ0v) is 11.8. The molecular formula is C15H24FN3. The van der Waals surface area contributed by atoms with Crippen LogP contribution in [0.25, 0.3) is 0 Å². The number of nitrogens with zero attached hydrogens (tertiary/aromatic N) is 1. The van der Waals surface area contributed by atoms with Gasteiger partial charge in [-0.25, -0.2) is 4.39 Å². The fourth-order valence-corrected chi connectivity index (χ4v) is 3.37. The molecule has 1 aliphatic carbocycles. The van der Waals surface area contributed by atoms with Crippen LogP contribution in [-0.2, 0) is 0 Å². The molecule has 0 aliphatic heterocycles. The number of nitrogens with one attached hydrogen (secondary N) is 1. The molecule has 0 radical (unpaired) electrons. The highest BCUT2D eigenvalue weighted by atomic mass is 19.1. The lowest BCUT2D eigenvalue weighted by atomic mass is 9.73. The Morgan fingerprint density at radius 3 is 2.21 bits per heavy atom. The van der Waals surface area contributed by atoms with Crippen molar-refractivity contribution < 1.29 is 4.39 Å². The maximum absolute atomic E-state index is 13.1. The number of hydrogen-bond donors (Lipinski definition) is 2. The van der Waals surface area contributed by atoms with E-state index in [2.05, 4.69) is 24.4 Å². The summed E-state index contributed by atoms with van der Waals surface area (Å²) in [6.45, 7) is 0. The average molecular weight is 265 g/mol. The zero-order valence-electron chi connectivity index (χ0n) is 11.8. The Labute approximate surface area is 114 Å².